The van der Waals surface area contributed by atoms with E-state index in [2.05, 4.69) is 22.9 Å². The number of rotatable bonds is 3. The summed E-state index contributed by atoms with van der Waals surface area (Å²) in [4.78, 5) is 0. The normalized spacial score (nSPS) is 25.6. The second-order valence-electron chi connectivity index (χ2n) is 4.08. The van der Waals surface area contributed by atoms with Gasteiger partial charge in [0, 0.05) is 4.47 Å². The number of benzene rings is 1. The zero-order valence-electron chi connectivity index (χ0n) is 8.37. The smallest absolute Gasteiger partial charge is 0.120 e. The van der Waals surface area contributed by atoms with Gasteiger partial charge in [-0.15, -0.1) is 0 Å². The molecular formula is C12H15BrO. The molecule has 0 bridgehead atoms. The average Bonchev–Trinajstić information content (AvgIpc) is 2.16. The van der Waals surface area contributed by atoms with Crippen LogP contribution < -0.4 is 4.74 Å². The minimum absolute atomic E-state index is 0.772. The largest absolute Gasteiger partial charge is 0.493 e. The van der Waals surface area contributed by atoms with Crippen molar-refractivity contribution in [3.8, 4) is 5.75 Å². The molecule has 1 saturated carbocycles. The van der Waals surface area contributed by atoms with Crippen LogP contribution in [-0.2, 0) is 0 Å². The van der Waals surface area contributed by atoms with Crippen LogP contribution in [0.4, 0.5) is 0 Å². The van der Waals surface area contributed by atoms with Crippen LogP contribution in [0.5, 0.6) is 5.75 Å². The molecule has 0 aromatic heterocycles. The van der Waals surface area contributed by atoms with Gasteiger partial charge in [0.2, 0.25) is 0 Å². The van der Waals surface area contributed by atoms with Crippen LogP contribution in [-0.4, -0.2) is 6.61 Å². The van der Waals surface area contributed by atoms with Crippen LogP contribution in [0.3, 0.4) is 0 Å². The molecule has 1 aliphatic rings. The van der Waals surface area contributed by atoms with Crippen molar-refractivity contribution in [1.29, 1.82) is 0 Å². The highest BCUT2D eigenvalue weighted by Gasteiger charge is 2.26. The summed E-state index contributed by atoms with van der Waals surface area (Å²) in [6, 6.07) is 8.04. The molecule has 1 aromatic carbocycles. The van der Waals surface area contributed by atoms with Crippen molar-refractivity contribution < 1.29 is 4.74 Å². The Bertz CT molecular complexity index is 311. The van der Waals surface area contributed by atoms with Gasteiger partial charge in [0.05, 0.1) is 6.61 Å². The van der Waals surface area contributed by atoms with Crippen LogP contribution >= 0.6 is 15.9 Å². The summed E-state index contributed by atoms with van der Waals surface area (Å²) in [6.45, 7) is 3.18. The van der Waals surface area contributed by atoms with Crippen molar-refractivity contribution in [2.24, 2.45) is 11.8 Å². The lowest BCUT2D eigenvalue weighted by molar-refractivity contribution is 0.116. The summed E-state index contributed by atoms with van der Waals surface area (Å²) < 4.78 is 6.81. The van der Waals surface area contributed by atoms with Crippen LogP contribution in [0, 0.1) is 11.8 Å². The lowest BCUT2D eigenvalue weighted by atomic mass is 9.75. The third-order valence-electron chi connectivity index (χ3n) is 3.06. The second kappa shape index (κ2) is 4.35. The van der Waals surface area contributed by atoms with Crippen molar-refractivity contribution in [3.05, 3.63) is 28.7 Å². The van der Waals surface area contributed by atoms with E-state index in [-0.39, 0.29) is 0 Å². The quantitative estimate of drug-likeness (QED) is 0.796. The Hall–Kier alpha value is -0.500. The van der Waals surface area contributed by atoms with Crippen molar-refractivity contribution in [2.75, 3.05) is 6.61 Å². The maximum absolute atomic E-state index is 5.73. The van der Waals surface area contributed by atoms with Gasteiger partial charge in [-0.2, -0.15) is 0 Å². The Morgan fingerprint density at radius 3 is 2.86 bits per heavy atom. The highest BCUT2D eigenvalue weighted by molar-refractivity contribution is 9.10. The van der Waals surface area contributed by atoms with Crippen LogP contribution in [0.2, 0.25) is 0 Å². The standard InChI is InChI=1S/C12H15BrO/c1-9-5-6-10(9)8-14-12-4-2-3-11(13)7-12/h2-4,7,9-10H,5-6,8H2,1H3/t9-,10-/m1/s1. The number of hydrogen-bond acceptors (Lipinski definition) is 1. The van der Waals surface area contributed by atoms with E-state index in [9.17, 15) is 0 Å². The van der Waals surface area contributed by atoms with Gasteiger partial charge in [0.15, 0.2) is 0 Å². The fraction of sp³-hybridized carbons (Fsp3) is 0.500. The lowest BCUT2D eigenvalue weighted by Crippen LogP contribution is -2.28. The summed E-state index contributed by atoms with van der Waals surface area (Å²) in [7, 11) is 0. The van der Waals surface area contributed by atoms with Crippen LogP contribution in [0.15, 0.2) is 28.7 Å². The lowest BCUT2D eigenvalue weighted by Gasteiger charge is -2.33. The van der Waals surface area contributed by atoms with E-state index >= 15 is 0 Å². The molecule has 0 saturated heterocycles. The number of hydrogen-bond donors (Lipinski definition) is 0. The molecule has 0 spiro atoms. The topological polar surface area (TPSA) is 9.23 Å². The third kappa shape index (κ3) is 2.30. The van der Waals surface area contributed by atoms with E-state index in [4.69, 9.17) is 4.74 Å². The Morgan fingerprint density at radius 2 is 2.29 bits per heavy atom. The summed E-state index contributed by atoms with van der Waals surface area (Å²) in [6.07, 6.45) is 2.70. The molecule has 0 radical (unpaired) electrons. The van der Waals surface area contributed by atoms with E-state index in [1.54, 1.807) is 0 Å². The van der Waals surface area contributed by atoms with Crippen LogP contribution in [0.1, 0.15) is 19.8 Å². The molecule has 2 heteroatoms. The van der Waals surface area contributed by atoms with Crippen molar-refractivity contribution in [3.63, 3.8) is 0 Å². The number of halogens is 1. The summed E-state index contributed by atoms with van der Waals surface area (Å²) in [5.74, 6) is 2.59. The van der Waals surface area contributed by atoms with Crippen molar-refractivity contribution in [1.82, 2.24) is 0 Å². The average molecular weight is 255 g/mol. The Kier molecular flexibility index (Phi) is 3.12. The second-order valence-corrected chi connectivity index (χ2v) is 5.00. The first-order valence-corrected chi connectivity index (χ1v) is 5.93. The molecule has 0 unspecified atom stereocenters. The molecule has 76 valence electrons. The molecule has 1 aromatic rings. The predicted octanol–water partition coefficient (Wildman–Crippen LogP) is 3.87. The zero-order valence-corrected chi connectivity index (χ0v) is 9.96. The molecule has 2 rings (SSSR count). The Morgan fingerprint density at radius 1 is 1.43 bits per heavy atom. The predicted molar refractivity (Wildman–Crippen MR) is 61.5 cm³/mol. The van der Waals surface area contributed by atoms with E-state index in [0.717, 1.165) is 28.7 Å². The van der Waals surface area contributed by atoms with Crippen LogP contribution in [0.25, 0.3) is 0 Å². The fourth-order valence-corrected chi connectivity index (χ4v) is 2.12. The highest BCUT2D eigenvalue weighted by atomic mass is 79.9. The van der Waals surface area contributed by atoms with Gasteiger partial charge in [0.1, 0.15) is 5.75 Å². The first-order chi connectivity index (χ1) is 6.75. The fourth-order valence-electron chi connectivity index (χ4n) is 1.74. The summed E-state index contributed by atoms with van der Waals surface area (Å²) in [5.41, 5.74) is 0. The van der Waals surface area contributed by atoms with Crippen molar-refractivity contribution in [2.45, 2.75) is 19.8 Å². The minimum Gasteiger partial charge on any atom is -0.493 e. The molecular weight excluding hydrogens is 240 g/mol. The summed E-state index contributed by atoms with van der Waals surface area (Å²) >= 11 is 3.43. The van der Waals surface area contributed by atoms with E-state index in [1.807, 2.05) is 24.3 Å². The van der Waals surface area contributed by atoms with Gasteiger partial charge in [0.25, 0.3) is 0 Å². The van der Waals surface area contributed by atoms with Gasteiger partial charge < -0.3 is 4.74 Å². The van der Waals surface area contributed by atoms with E-state index in [0.29, 0.717) is 0 Å². The maximum Gasteiger partial charge on any atom is 0.120 e. The monoisotopic (exact) mass is 254 g/mol. The van der Waals surface area contributed by atoms with E-state index in [1.165, 1.54) is 12.8 Å². The summed E-state index contributed by atoms with van der Waals surface area (Å²) in [5, 5.41) is 0. The first kappa shape index (κ1) is 10.0. The maximum atomic E-state index is 5.73. The Balaban J connectivity index is 1.85. The third-order valence-corrected chi connectivity index (χ3v) is 3.55. The van der Waals surface area contributed by atoms with Gasteiger partial charge >= 0.3 is 0 Å². The van der Waals surface area contributed by atoms with Crippen molar-refractivity contribution >= 4 is 15.9 Å². The molecule has 14 heavy (non-hydrogen) atoms. The zero-order chi connectivity index (χ0) is 9.97. The SMILES string of the molecule is C[C@@H]1CC[C@@H]1COc1cccc(Br)c1. The molecule has 2 atom stereocenters. The van der Waals surface area contributed by atoms with Gasteiger partial charge in [-0.25, -0.2) is 0 Å². The van der Waals surface area contributed by atoms with Gasteiger partial charge in [-0.05, 0) is 42.9 Å². The molecule has 0 N–H and O–H groups in total. The molecule has 1 nitrogen and oxygen atoms in total. The van der Waals surface area contributed by atoms with Gasteiger partial charge in [-0.1, -0.05) is 28.9 Å². The Labute approximate surface area is 93.6 Å². The number of ether oxygens (including phenoxy) is 1. The molecule has 1 fully saturated rings. The first-order valence-electron chi connectivity index (χ1n) is 5.14. The molecule has 1 aliphatic carbocycles. The van der Waals surface area contributed by atoms with E-state index < -0.39 is 0 Å². The minimum atomic E-state index is 0.772. The molecule has 0 amide bonds. The van der Waals surface area contributed by atoms with Gasteiger partial charge in [-0.3, -0.25) is 0 Å². The highest BCUT2D eigenvalue weighted by Crippen LogP contribution is 2.34. The molecule has 0 heterocycles. The molecule has 0 aliphatic heterocycles.